The summed E-state index contributed by atoms with van der Waals surface area (Å²) in [7, 11) is 0. The summed E-state index contributed by atoms with van der Waals surface area (Å²) < 4.78 is 11.9. The van der Waals surface area contributed by atoms with Crippen molar-refractivity contribution in [2.75, 3.05) is 0 Å². The first-order valence-electron chi connectivity index (χ1n) is 11.5. The molecule has 0 aromatic rings. The van der Waals surface area contributed by atoms with Gasteiger partial charge >= 0.3 is 11.9 Å². The van der Waals surface area contributed by atoms with Crippen LogP contribution in [0.1, 0.15) is 97.8 Å². The molecule has 2 bridgehead atoms. The SMILES string of the molecule is CC12CCC(C(C(=O)OC3CCCCC3)=C1C(=O)OC1CCCCC1)C2(C)C. The van der Waals surface area contributed by atoms with Crippen LogP contribution >= 0.6 is 0 Å². The van der Waals surface area contributed by atoms with E-state index in [1.165, 1.54) is 12.8 Å². The van der Waals surface area contributed by atoms with Crippen LogP contribution in [0.25, 0.3) is 0 Å². The summed E-state index contributed by atoms with van der Waals surface area (Å²) in [6.07, 6.45) is 12.7. The summed E-state index contributed by atoms with van der Waals surface area (Å²) in [6, 6.07) is 0. The van der Waals surface area contributed by atoms with Crippen molar-refractivity contribution in [3.05, 3.63) is 11.1 Å². The Labute approximate surface area is 169 Å². The van der Waals surface area contributed by atoms with Crippen LogP contribution in [0.15, 0.2) is 11.1 Å². The number of hydrogen-bond acceptors (Lipinski definition) is 4. The minimum absolute atomic E-state index is 0.00945. The maximum atomic E-state index is 13.3. The predicted octanol–water partition coefficient (Wildman–Crippen LogP) is 5.49. The van der Waals surface area contributed by atoms with Gasteiger partial charge < -0.3 is 9.47 Å². The van der Waals surface area contributed by atoms with Gasteiger partial charge in [-0.15, -0.1) is 0 Å². The third-order valence-electron chi connectivity index (χ3n) is 8.47. The second-order valence-electron chi connectivity index (χ2n) is 10.3. The molecule has 0 saturated heterocycles. The second kappa shape index (κ2) is 7.50. The number of rotatable bonds is 4. The highest BCUT2D eigenvalue weighted by molar-refractivity contribution is 6.03. The van der Waals surface area contributed by atoms with Gasteiger partial charge in [-0.05, 0) is 75.5 Å². The molecule has 4 nitrogen and oxygen atoms in total. The Morgan fingerprint density at radius 1 is 0.750 bits per heavy atom. The molecule has 0 aromatic carbocycles. The van der Waals surface area contributed by atoms with Gasteiger partial charge in [-0.1, -0.05) is 33.6 Å². The summed E-state index contributed by atoms with van der Waals surface area (Å²) >= 11 is 0. The molecule has 4 aliphatic carbocycles. The molecule has 28 heavy (non-hydrogen) atoms. The molecular formula is C24H36O4. The first kappa shape index (κ1) is 20.0. The topological polar surface area (TPSA) is 52.6 Å². The molecule has 0 amide bonds. The van der Waals surface area contributed by atoms with Crippen molar-refractivity contribution >= 4 is 11.9 Å². The van der Waals surface area contributed by atoms with Crippen molar-refractivity contribution in [2.24, 2.45) is 16.7 Å². The molecule has 3 saturated carbocycles. The Morgan fingerprint density at radius 3 is 1.79 bits per heavy atom. The quantitative estimate of drug-likeness (QED) is 0.598. The van der Waals surface area contributed by atoms with Crippen LogP contribution < -0.4 is 0 Å². The van der Waals surface area contributed by atoms with E-state index in [1.807, 2.05) is 0 Å². The van der Waals surface area contributed by atoms with E-state index < -0.39 is 0 Å². The smallest absolute Gasteiger partial charge is 0.335 e. The van der Waals surface area contributed by atoms with Gasteiger partial charge in [0.2, 0.25) is 0 Å². The number of hydrogen-bond donors (Lipinski definition) is 0. The van der Waals surface area contributed by atoms with Gasteiger partial charge in [-0.3, -0.25) is 0 Å². The molecule has 2 atom stereocenters. The highest BCUT2D eigenvalue weighted by atomic mass is 16.6. The summed E-state index contributed by atoms with van der Waals surface area (Å²) in [5.41, 5.74) is 0.865. The van der Waals surface area contributed by atoms with Crippen molar-refractivity contribution in [2.45, 2.75) is 110 Å². The Hall–Kier alpha value is -1.32. The van der Waals surface area contributed by atoms with Gasteiger partial charge in [0.15, 0.2) is 0 Å². The zero-order valence-corrected chi connectivity index (χ0v) is 17.9. The normalized spacial score (nSPS) is 33.2. The summed E-state index contributed by atoms with van der Waals surface area (Å²) in [6.45, 7) is 6.57. The maximum absolute atomic E-state index is 13.3. The highest BCUT2D eigenvalue weighted by Crippen LogP contribution is 2.68. The fourth-order valence-electron chi connectivity index (χ4n) is 6.30. The van der Waals surface area contributed by atoms with Crippen LogP contribution in [0.3, 0.4) is 0 Å². The number of carbonyl (C=O) groups excluding carboxylic acids is 2. The molecule has 0 spiro atoms. The van der Waals surface area contributed by atoms with Gasteiger partial charge in [0.25, 0.3) is 0 Å². The molecule has 0 heterocycles. The molecule has 0 radical (unpaired) electrons. The van der Waals surface area contributed by atoms with Crippen molar-refractivity contribution in [3.8, 4) is 0 Å². The highest BCUT2D eigenvalue weighted by Gasteiger charge is 2.64. The standard InChI is InChI=1S/C24H36O4/c1-23(2)18-14-15-24(23,3)20(22(26)28-17-12-8-5-9-13-17)19(18)21(25)27-16-10-6-4-7-11-16/h16-18H,4-15H2,1-3H3. The van der Waals surface area contributed by atoms with E-state index in [0.717, 1.165) is 64.2 Å². The Bertz CT molecular complexity index is 664. The van der Waals surface area contributed by atoms with Crippen LogP contribution in [0, 0.1) is 16.7 Å². The summed E-state index contributed by atoms with van der Waals surface area (Å²) in [5, 5.41) is 0. The molecule has 3 fully saturated rings. The first-order valence-corrected chi connectivity index (χ1v) is 11.5. The van der Waals surface area contributed by atoms with E-state index >= 15 is 0 Å². The monoisotopic (exact) mass is 388 g/mol. The maximum Gasteiger partial charge on any atom is 0.335 e. The molecular weight excluding hydrogens is 352 g/mol. The number of ether oxygens (including phenoxy) is 2. The van der Waals surface area contributed by atoms with Crippen molar-refractivity contribution < 1.29 is 19.1 Å². The molecule has 0 N–H and O–H groups in total. The molecule has 156 valence electrons. The zero-order chi connectivity index (χ0) is 19.9. The average Bonchev–Trinajstić information content (AvgIpc) is 3.01. The molecule has 0 aromatic heterocycles. The van der Waals surface area contributed by atoms with Crippen LogP contribution in [0.5, 0.6) is 0 Å². The first-order chi connectivity index (χ1) is 13.3. The van der Waals surface area contributed by atoms with E-state index in [1.54, 1.807) is 0 Å². The minimum atomic E-state index is -0.301. The van der Waals surface area contributed by atoms with Gasteiger partial charge in [0, 0.05) is 5.41 Å². The molecule has 4 aliphatic rings. The van der Waals surface area contributed by atoms with Gasteiger partial charge in [-0.25, -0.2) is 9.59 Å². The predicted molar refractivity (Wildman–Crippen MR) is 108 cm³/mol. The van der Waals surface area contributed by atoms with E-state index in [-0.39, 0.29) is 40.9 Å². The lowest BCUT2D eigenvalue weighted by Gasteiger charge is -2.36. The van der Waals surface area contributed by atoms with Gasteiger partial charge in [0.05, 0.1) is 11.1 Å². The lowest BCUT2D eigenvalue weighted by atomic mass is 9.67. The second-order valence-corrected chi connectivity index (χ2v) is 10.3. The van der Waals surface area contributed by atoms with E-state index in [0.29, 0.717) is 11.1 Å². The fraction of sp³-hybridized carbons (Fsp3) is 0.833. The molecule has 4 rings (SSSR count). The van der Waals surface area contributed by atoms with Gasteiger partial charge in [0.1, 0.15) is 12.2 Å². The minimum Gasteiger partial charge on any atom is -0.459 e. The third kappa shape index (κ3) is 3.21. The Morgan fingerprint density at radius 2 is 1.25 bits per heavy atom. The number of carbonyl (C=O) groups is 2. The van der Waals surface area contributed by atoms with Crippen LogP contribution in [-0.2, 0) is 19.1 Å². The lowest BCUT2D eigenvalue weighted by molar-refractivity contribution is -0.150. The number of esters is 2. The zero-order valence-electron chi connectivity index (χ0n) is 17.9. The van der Waals surface area contributed by atoms with E-state index in [4.69, 9.17) is 9.47 Å². The van der Waals surface area contributed by atoms with Crippen molar-refractivity contribution in [1.29, 1.82) is 0 Å². The molecule has 2 unspecified atom stereocenters. The largest absolute Gasteiger partial charge is 0.459 e. The van der Waals surface area contributed by atoms with Crippen LogP contribution in [0.2, 0.25) is 0 Å². The molecule has 0 aliphatic heterocycles. The lowest BCUT2D eigenvalue weighted by Crippen LogP contribution is -2.34. The Balaban J connectivity index is 1.61. The van der Waals surface area contributed by atoms with Gasteiger partial charge in [-0.2, -0.15) is 0 Å². The van der Waals surface area contributed by atoms with E-state index in [9.17, 15) is 9.59 Å². The summed E-state index contributed by atoms with van der Waals surface area (Å²) in [5.74, 6) is -0.397. The van der Waals surface area contributed by atoms with E-state index in [2.05, 4.69) is 20.8 Å². The van der Waals surface area contributed by atoms with Crippen molar-refractivity contribution in [1.82, 2.24) is 0 Å². The van der Waals surface area contributed by atoms with Crippen LogP contribution in [-0.4, -0.2) is 24.1 Å². The number of fused-ring (bicyclic) bond motifs is 2. The van der Waals surface area contributed by atoms with Crippen molar-refractivity contribution in [3.63, 3.8) is 0 Å². The fourth-order valence-corrected chi connectivity index (χ4v) is 6.30. The molecule has 4 heteroatoms. The third-order valence-corrected chi connectivity index (χ3v) is 8.47. The summed E-state index contributed by atoms with van der Waals surface area (Å²) in [4.78, 5) is 26.6. The average molecular weight is 389 g/mol. The Kier molecular flexibility index (Phi) is 5.35. The van der Waals surface area contributed by atoms with Crippen LogP contribution in [0.4, 0.5) is 0 Å².